The minimum Gasteiger partial charge on any atom is -0.497 e. The number of carbonyl (C=O) groups is 1. The van der Waals surface area contributed by atoms with Gasteiger partial charge in [-0.2, -0.15) is 0 Å². The van der Waals surface area contributed by atoms with Gasteiger partial charge in [-0.1, -0.05) is 12.1 Å². The second-order valence-electron chi connectivity index (χ2n) is 3.17. The number of hydrogen-bond donors (Lipinski definition) is 2. The van der Waals surface area contributed by atoms with Crippen LogP contribution >= 0.6 is 0 Å². The average molecular weight is 209 g/mol. The largest absolute Gasteiger partial charge is 0.497 e. The topological polar surface area (TPSA) is 58.6 Å². The summed E-state index contributed by atoms with van der Waals surface area (Å²) in [5.74, 6) is 0.0284. The third kappa shape index (κ3) is 4.46. The van der Waals surface area contributed by atoms with E-state index in [-0.39, 0.29) is 6.42 Å². The highest BCUT2D eigenvalue weighted by molar-refractivity contribution is 5.66. The van der Waals surface area contributed by atoms with E-state index in [1.165, 1.54) is 0 Å². The first-order valence-corrected chi connectivity index (χ1v) is 4.78. The number of carboxylic acids is 1. The molecule has 0 radical (unpaired) electrons. The second-order valence-corrected chi connectivity index (χ2v) is 3.17. The van der Waals surface area contributed by atoms with Gasteiger partial charge >= 0.3 is 5.97 Å². The Morgan fingerprint density at radius 1 is 1.53 bits per heavy atom. The molecule has 0 fully saturated rings. The molecular formula is C11H15NO3. The predicted octanol–water partition coefficient (Wildman–Crippen LogP) is 1.26. The van der Waals surface area contributed by atoms with Crippen molar-refractivity contribution in [2.24, 2.45) is 0 Å². The van der Waals surface area contributed by atoms with Crippen LogP contribution in [0.25, 0.3) is 0 Å². The average Bonchev–Trinajstić information content (AvgIpc) is 2.24. The molecule has 0 spiro atoms. The number of methoxy groups -OCH3 is 1. The van der Waals surface area contributed by atoms with Crippen LogP contribution < -0.4 is 10.1 Å². The van der Waals surface area contributed by atoms with Crippen LogP contribution in [0.3, 0.4) is 0 Å². The highest BCUT2D eigenvalue weighted by Gasteiger charge is 1.97. The molecule has 4 heteroatoms. The molecule has 0 saturated carbocycles. The summed E-state index contributed by atoms with van der Waals surface area (Å²) in [6, 6.07) is 7.68. The van der Waals surface area contributed by atoms with Gasteiger partial charge in [0.2, 0.25) is 0 Å². The van der Waals surface area contributed by atoms with Gasteiger partial charge in [0.1, 0.15) is 5.75 Å². The van der Waals surface area contributed by atoms with Crippen LogP contribution in [-0.2, 0) is 11.3 Å². The van der Waals surface area contributed by atoms with Crippen molar-refractivity contribution in [3.8, 4) is 5.75 Å². The number of ether oxygens (including phenoxy) is 1. The predicted molar refractivity (Wildman–Crippen MR) is 57.0 cm³/mol. The Hall–Kier alpha value is -1.55. The van der Waals surface area contributed by atoms with Crippen molar-refractivity contribution in [3.63, 3.8) is 0 Å². The van der Waals surface area contributed by atoms with Gasteiger partial charge in [0.05, 0.1) is 13.5 Å². The van der Waals surface area contributed by atoms with Crippen molar-refractivity contribution in [2.75, 3.05) is 13.7 Å². The van der Waals surface area contributed by atoms with Gasteiger partial charge in [0.15, 0.2) is 0 Å². The standard InChI is InChI=1S/C11H15NO3/c1-15-10-4-2-3-9(7-10)8-12-6-5-11(13)14/h2-4,7,12H,5-6,8H2,1H3,(H,13,14). The Labute approximate surface area is 88.9 Å². The fourth-order valence-corrected chi connectivity index (χ4v) is 1.21. The fourth-order valence-electron chi connectivity index (χ4n) is 1.21. The molecule has 82 valence electrons. The molecule has 0 aliphatic rings. The normalized spacial score (nSPS) is 9.93. The van der Waals surface area contributed by atoms with Gasteiger partial charge in [0.25, 0.3) is 0 Å². The lowest BCUT2D eigenvalue weighted by molar-refractivity contribution is -0.136. The van der Waals surface area contributed by atoms with Crippen LogP contribution in [0.1, 0.15) is 12.0 Å². The fraction of sp³-hybridized carbons (Fsp3) is 0.364. The summed E-state index contributed by atoms with van der Waals surface area (Å²) >= 11 is 0. The molecule has 0 aliphatic heterocycles. The molecule has 4 nitrogen and oxygen atoms in total. The van der Waals surface area contributed by atoms with Crippen molar-refractivity contribution in [1.29, 1.82) is 0 Å². The Balaban J connectivity index is 2.33. The molecule has 0 saturated heterocycles. The van der Waals surface area contributed by atoms with Gasteiger partial charge < -0.3 is 15.2 Å². The Morgan fingerprint density at radius 3 is 3.00 bits per heavy atom. The maximum Gasteiger partial charge on any atom is 0.304 e. The molecule has 0 heterocycles. The van der Waals surface area contributed by atoms with E-state index in [1.54, 1.807) is 7.11 Å². The first kappa shape index (κ1) is 11.5. The van der Waals surface area contributed by atoms with E-state index in [4.69, 9.17) is 9.84 Å². The SMILES string of the molecule is COc1cccc(CNCCC(=O)O)c1. The Kier molecular flexibility index (Phi) is 4.63. The summed E-state index contributed by atoms with van der Waals surface area (Å²) in [5, 5.41) is 11.5. The number of rotatable bonds is 6. The molecular weight excluding hydrogens is 194 g/mol. The highest BCUT2D eigenvalue weighted by atomic mass is 16.5. The van der Waals surface area contributed by atoms with E-state index in [1.807, 2.05) is 24.3 Å². The van der Waals surface area contributed by atoms with Crippen molar-refractivity contribution in [2.45, 2.75) is 13.0 Å². The first-order valence-electron chi connectivity index (χ1n) is 4.78. The molecule has 0 aliphatic carbocycles. The summed E-state index contributed by atoms with van der Waals surface area (Å²) < 4.78 is 5.08. The molecule has 0 amide bonds. The maximum atomic E-state index is 10.3. The van der Waals surface area contributed by atoms with Crippen molar-refractivity contribution in [1.82, 2.24) is 5.32 Å². The van der Waals surface area contributed by atoms with E-state index in [9.17, 15) is 4.79 Å². The summed E-state index contributed by atoms with van der Waals surface area (Å²) in [7, 11) is 1.62. The van der Waals surface area contributed by atoms with Gasteiger partial charge in [-0.15, -0.1) is 0 Å². The summed E-state index contributed by atoms with van der Waals surface area (Å²) in [6.45, 7) is 1.14. The lowest BCUT2D eigenvalue weighted by Gasteiger charge is -2.05. The third-order valence-corrected chi connectivity index (χ3v) is 1.98. The summed E-state index contributed by atoms with van der Waals surface area (Å²) in [4.78, 5) is 10.3. The molecule has 0 unspecified atom stereocenters. The minimum absolute atomic E-state index is 0.143. The Morgan fingerprint density at radius 2 is 2.33 bits per heavy atom. The number of hydrogen-bond acceptors (Lipinski definition) is 3. The van der Waals surface area contributed by atoms with E-state index >= 15 is 0 Å². The Bertz CT molecular complexity index is 325. The lowest BCUT2D eigenvalue weighted by Crippen LogP contribution is -2.17. The van der Waals surface area contributed by atoms with Crippen LogP contribution in [0.5, 0.6) is 5.75 Å². The monoisotopic (exact) mass is 209 g/mol. The van der Waals surface area contributed by atoms with Gasteiger partial charge in [-0.3, -0.25) is 4.79 Å². The van der Waals surface area contributed by atoms with Crippen molar-refractivity contribution >= 4 is 5.97 Å². The number of nitrogens with one attached hydrogen (secondary N) is 1. The smallest absolute Gasteiger partial charge is 0.304 e. The minimum atomic E-state index is -0.784. The maximum absolute atomic E-state index is 10.3. The second kappa shape index (κ2) is 6.03. The van der Waals surface area contributed by atoms with Crippen molar-refractivity contribution < 1.29 is 14.6 Å². The van der Waals surface area contributed by atoms with Crippen LogP contribution in [0.2, 0.25) is 0 Å². The van der Waals surface area contributed by atoms with Crippen LogP contribution in [0, 0.1) is 0 Å². The van der Waals surface area contributed by atoms with E-state index in [0.29, 0.717) is 13.1 Å². The zero-order valence-electron chi connectivity index (χ0n) is 8.69. The quantitative estimate of drug-likeness (QED) is 0.692. The lowest BCUT2D eigenvalue weighted by atomic mass is 10.2. The number of aliphatic carboxylic acids is 1. The summed E-state index contributed by atoms with van der Waals surface area (Å²) in [6.07, 6.45) is 0.143. The van der Waals surface area contributed by atoms with Gasteiger partial charge in [-0.05, 0) is 17.7 Å². The van der Waals surface area contributed by atoms with E-state index < -0.39 is 5.97 Å². The third-order valence-electron chi connectivity index (χ3n) is 1.98. The van der Waals surface area contributed by atoms with E-state index in [0.717, 1.165) is 11.3 Å². The molecule has 1 aromatic rings. The number of carboxylic acid groups (broad SMARTS) is 1. The number of benzene rings is 1. The zero-order chi connectivity index (χ0) is 11.1. The molecule has 2 N–H and O–H groups in total. The molecule has 1 rings (SSSR count). The van der Waals surface area contributed by atoms with Crippen LogP contribution in [-0.4, -0.2) is 24.7 Å². The molecule has 0 atom stereocenters. The van der Waals surface area contributed by atoms with E-state index in [2.05, 4.69) is 5.32 Å². The highest BCUT2D eigenvalue weighted by Crippen LogP contribution is 2.11. The van der Waals surface area contributed by atoms with Gasteiger partial charge in [-0.25, -0.2) is 0 Å². The molecule has 0 aromatic heterocycles. The van der Waals surface area contributed by atoms with Crippen LogP contribution in [0.4, 0.5) is 0 Å². The first-order chi connectivity index (χ1) is 7.22. The molecule has 15 heavy (non-hydrogen) atoms. The zero-order valence-corrected chi connectivity index (χ0v) is 8.69. The molecule has 0 bridgehead atoms. The van der Waals surface area contributed by atoms with Crippen molar-refractivity contribution in [3.05, 3.63) is 29.8 Å². The molecule has 1 aromatic carbocycles. The summed E-state index contributed by atoms with van der Waals surface area (Å²) in [5.41, 5.74) is 1.08. The van der Waals surface area contributed by atoms with Crippen LogP contribution in [0.15, 0.2) is 24.3 Å². The van der Waals surface area contributed by atoms with Gasteiger partial charge in [0, 0.05) is 13.1 Å².